The molecule has 1 saturated carbocycles. The number of Topliss-reactive ketones (excluding diaryl/α,β-unsaturated/α-hetero) is 1. The van der Waals surface area contributed by atoms with Gasteiger partial charge in [0.25, 0.3) is 6.23 Å². The molecule has 2 fully saturated rings. The Hall–Kier alpha value is -1.83. The predicted octanol–water partition coefficient (Wildman–Crippen LogP) is 2.62. The van der Waals surface area contributed by atoms with Crippen molar-refractivity contribution in [2.45, 2.75) is 102 Å². The first-order valence-electron chi connectivity index (χ1n) is 11.2. The number of esters is 1. The van der Waals surface area contributed by atoms with Gasteiger partial charge in [-0.25, -0.2) is 0 Å². The van der Waals surface area contributed by atoms with Crippen LogP contribution in [-0.2, 0) is 14.3 Å². The van der Waals surface area contributed by atoms with Crippen LogP contribution in [0.5, 0.6) is 0 Å². The van der Waals surface area contributed by atoms with Crippen LogP contribution in [-0.4, -0.2) is 45.9 Å². The SMILES string of the molecule is CCCCCCCCCCC(=O)O[C@H]1C2OC([n+]3cccc(C(C)=O)c3)[C@H](O)[C@]21O. The number of pyridine rings is 1. The van der Waals surface area contributed by atoms with Crippen molar-refractivity contribution in [3.05, 3.63) is 30.1 Å². The largest absolute Gasteiger partial charge is 0.456 e. The number of aromatic nitrogens is 1. The molecule has 1 saturated heterocycles. The molecule has 1 aliphatic carbocycles. The number of aliphatic hydroxyl groups excluding tert-OH is 1. The van der Waals surface area contributed by atoms with E-state index in [2.05, 4.69) is 6.92 Å². The number of fused-ring (bicyclic) bond motifs is 1. The zero-order valence-corrected chi connectivity index (χ0v) is 18.0. The van der Waals surface area contributed by atoms with E-state index in [-0.39, 0.29) is 11.8 Å². The maximum Gasteiger partial charge on any atom is 0.306 e. The highest BCUT2D eigenvalue weighted by Crippen LogP contribution is 2.54. The summed E-state index contributed by atoms with van der Waals surface area (Å²) in [4.78, 5) is 23.7. The number of carbonyl (C=O) groups is 2. The molecule has 1 aliphatic heterocycles. The van der Waals surface area contributed by atoms with E-state index in [0.29, 0.717) is 12.0 Å². The van der Waals surface area contributed by atoms with E-state index < -0.39 is 30.1 Å². The molecule has 7 nitrogen and oxygen atoms in total. The number of aliphatic hydroxyl groups is 2. The second-order valence-electron chi connectivity index (χ2n) is 8.51. The summed E-state index contributed by atoms with van der Waals surface area (Å²) in [5.74, 6) is -0.471. The third-order valence-corrected chi connectivity index (χ3v) is 6.12. The van der Waals surface area contributed by atoms with Gasteiger partial charge in [-0.05, 0) is 19.4 Å². The van der Waals surface area contributed by atoms with Crippen molar-refractivity contribution in [2.75, 3.05) is 0 Å². The van der Waals surface area contributed by atoms with Crippen molar-refractivity contribution in [2.24, 2.45) is 0 Å². The van der Waals surface area contributed by atoms with Crippen LogP contribution in [0.1, 0.15) is 88.2 Å². The monoisotopic (exact) mass is 420 g/mol. The lowest BCUT2D eigenvalue weighted by molar-refractivity contribution is -0.767. The zero-order valence-electron chi connectivity index (χ0n) is 18.0. The summed E-state index contributed by atoms with van der Waals surface area (Å²) in [5, 5.41) is 21.3. The van der Waals surface area contributed by atoms with Crippen molar-refractivity contribution in [1.29, 1.82) is 0 Å². The van der Waals surface area contributed by atoms with Crippen LogP contribution in [0, 0.1) is 0 Å². The number of carbonyl (C=O) groups excluding carboxylic acids is 2. The Balaban J connectivity index is 1.41. The van der Waals surface area contributed by atoms with E-state index in [4.69, 9.17) is 9.47 Å². The minimum Gasteiger partial charge on any atom is -0.456 e. The van der Waals surface area contributed by atoms with E-state index >= 15 is 0 Å². The fourth-order valence-electron chi connectivity index (χ4n) is 4.15. The van der Waals surface area contributed by atoms with E-state index in [1.165, 1.54) is 39.0 Å². The molecule has 0 bridgehead atoms. The molecule has 166 valence electrons. The second-order valence-corrected chi connectivity index (χ2v) is 8.51. The van der Waals surface area contributed by atoms with Crippen molar-refractivity contribution in [1.82, 2.24) is 0 Å². The van der Waals surface area contributed by atoms with Gasteiger partial charge in [0.15, 0.2) is 36.0 Å². The Kier molecular flexibility index (Phi) is 7.60. The number of nitrogens with zero attached hydrogens (tertiary/aromatic N) is 1. The van der Waals surface area contributed by atoms with Crippen LogP contribution in [0.4, 0.5) is 0 Å². The van der Waals surface area contributed by atoms with Gasteiger partial charge in [-0.1, -0.05) is 51.9 Å². The van der Waals surface area contributed by atoms with E-state index in [1.807, 2.05) is 0 Å². The van der Waals surface area contributed by atoms with Gasteiger partial charge in [0.2, 0.25) is 0 Å². The van der Waals surface area contributed by atoms with Crippen molar-refractivity contribution < 1.29 is 33.8 Å². The van der Waals surface area contributed by atoms with Crippen LogP contribution in [0.3, 0.4) is 0 Å². The number of rotatable bonds is 12. The van der Waals surface area contributed by atoms with Gasteiger partial charge in [-0.2, -0.15) is 4.57 Å². The van der Waals surface area contributed by atoms with Gasteiger partial charge in [0.05, 0.1) is 5.56 Å². The van der Waals surface area contributed by atoms with Gasteiger partial charge in [0, 0.05) is 12.5 Å². The number of hydrogen-bond acceptors (Lipinski definition) is 6. The third-order valence-electron chi connectivity index (χ3n) is 6.12. The van der Waals surface area contributed by atoms with Gasteiger partial charge in [0.1, 0.15) is 6.10 Å². The molecule has 1 aromatic rings. The average Bonchev–Trinajstić information content (AvgIpc) is 3.18. The molecule has 7 heteroatoms. The molecule has 3 rings (SSSR count). The molecular weight excluding hydrogens is 386 g/mol. The summed E-state index contributed by atoms with van der Waals surface area (Å²) in [6.07, 6.45) is 8.99. The number of unbranched alkanes of at least 4 members (excludes halogenated alkanes) is 7. The maximum atomic E-state index is 12.1. The van der Waals surface area contributed by atoms with Crippen LogP contribution in [0.15, 0.2) is 24.5 Å². The predicted molar refractivity (Wildman–Crippen MR) is 109 cm³/mol. The minimum absolute atomic E-state index is 0.103. The van der Waals surface area contributed by atoms with Crippen molar-refractivity contribution >= 4 is 11.8 Å². The lowest BCUT2D eigenvalue weighted by atomic mass is 10.1. The summed E-state index contributed by atoms with van der Waals surface area (Å²) in [7, 11) is 0. The molecule has 2 N–H and O–H groups in total. The quantitative estimate of drug-likeness (QED) is 0.234. The van der Waals surface area contributed by atoms with E-state index in [9.17, 15) is 19.8 Å². The fraction of sp³-hybridized carbons (Fsp3) is 0.696. The highest BCUT2D eigenvalue weighted by molar-refractivity contribution is 5.93. The molecule has 0 aromatic carbocycles. The summed E-state index contributed by atoms with van der Waals surface area (Å²) in [6, 6.07) is 3.35. The lowest BCUT2D eigenvalue weighted by Gasteiger charge is -2.18. The summed E-state index contributed by atoms with van der Waals surface area (Å²) in [5.41, 5.74) is -1.12. The van der Waals surface area contributed by atoms with Crippen LogP contribution >= 0.6 is 0 Å². The Morgan fingerprint density at radius 3 is 2.43 bits per heavy atom. The maximum absolute atomic E-state index is 12.1. The van der Waals surface area contributed by atoms with E-state index in [0.717, 1.165) is 19.3 Å². The molecule has 2 aliphatic rings. The van der Waals surface area contributed by atoms with Crippen LogP contribution in [0.25, 0.3) is 0 Å². The van der Waals surface area contributed by atoms with Gasteiger partial charge >= 0.3 is 5.97 Å². The standard InChI is InChI=1S/C23H34NO6/c1-3-4-5-6-7-8-9-10-13-18(26)29-20-21-23(20,28)19(27)22(30-21)24-14-11-12-17(15-24)16(2)25/h11-12,14-15,19-22,27-28H,3-10,13H2,1-2H3/q+1/t19-,20-,21?,22?,23+/m0/s1. The van der Waals surface area contributed by atoms with Gasteiger partial charge in [-0.15, -0.1) is 0 Å². The average molecular weight is 421 g/mol. The number of ketones is 1. The van der Waals surface area contributed by atoms with Crippen molar-refractivity contribution in [3.8, 4) is 0 Å². The highest BCUT2D eigenvalue weighted by Gasteiger charge is 2.81. The molecule has 30 heavy (non-hydrogen) atoms. The molecular formula is C23H34NO6+. The van der Waals surface area contributed by atoms with Gasteiger partial charge < -0.3 is 19.7 Å². The normalized spacial score (nSPS) is 29.5. The Labute approximate surface area is 178 Å². The lowest BCUT2D eigenvalue weighted by Crippen LogP contribution is -2.50. The Morgan fingerprint density at radius 2 is 1.83 bits per heavy atom. The molecule has 0 spiro atoms. The summed E-state index contributed by atoms with van der Waals surface area (Å²) < 4.78 is 12.7. The summed E-state index contributed by atoms with van der Waals surface area (Å²) in [6.45, 7) is 3.66. The Morgan fingerprint density at radius 1 is 1.17 bits per heavy atom. The first-order valence-corrected chi connectivity index (χ1v) is 11.2. The number of ether oxygens (including phenoxy) is 2. The van der Waals surface area contributed by atoms with Crippen molar-refractivity contribution in [3.63, 3.8) is 0 Å². The topological polar surface area (TPSA) is 96.9 Å². The van der Waals surface area contributed by atoms with Crippen LogP contribution in [0.2, 0.25) is 0 Å². The van der Waals surface area contributed by atoms with Gasteiger partial charge in [-0.3, -0.25) is 9.59 Å². The minimum atomic E-state index is -1.60. The first kappa shape index (κ1) is 22.8. The highest BCUT2D eigenvalue weighted by atomic mass is 16.6. The molecule has 2 unspecified atom stereocenters. The third kappa shape index (κ3) is 4.90. The molecule has 0 radical (unpaired) electrons. The summed E-state index contributed by atoms with van der Waals surface area (Å²) >= 11 is 0. The zero-order chi connectivity index (χ0) is 21.7. The molecule has 0 amide bonds. The van der Waals surface area contributed by atoms with Crippen LogP contribution < -0.4 is 4.57 Å². The second kappa shape index (κ2) is 9.98. The molecule has 1 aromatic heterocycles. The Bertz CT molecular complexity index is 753. The number of hydrogen-bond donors (Lipinski definition) is 2. The first-order chi connectivity index (χ1) is 14.4. The molecule has 2 heterocycles. The molecule has 5 atom stereocenters. The van der Waals surface area contributed by atoms with E-state index in [1.54, 1.807) is 29.1 Å². The fourth-order valence-corrected chi connectivity index (χ4v) is 4.15. The smallest absolute Gasteiger partial charge is 0.306 e.